The van der Waals surface area contributed by atoms with Crippen molar-refractivity contribution in [2.75, 3.05) is 45.8 Å². The number of rotatable bonds is 7. The van der Waals surface area contributed by atoms with E-state index in [2.05, 4.69) is 27.0 Å². The van der Waals surface area contributed by atoms with Crippen molar-refractivity contribution in [3.05, 3.63) is 12.7 Å². The maximum absolute atomic E-state index is 11.7. The first-order valence-corrected chi connectivity index (χ1v) is 7.29. The van der Waals surface area contributed by atoms with Crippen molar-refractivity contribution in [1.29, 1.82) is 0 Å². The second-order valence-corrected chi connectivity index (χ2v) is 5.49. The number of carbonyl (C=O) groups excluding carboxylic acids is 2. The highest BCUT2D eigenvalue weighted by atomic mass is 16.2. The molecule has 0 radical (unpaired) electrons. The van der Waals surface area contributed by atoms with Crippen LogP contribution in [-0.4, -0.2) is 73.5 Å². The van der Waals surface area contributed by atoms with Gasteiger partial charge in [0.15, 0.2) is 0 Å². The Kier molecular flexibility index (Phi) is 5.55. The predicted molar refractivity (Wildman–Crippen MR) is 77.3 cm³/mol. The van der Waals surface area contributed by atoms with Crippen molar-refractivity contribution in [3.63, 3.8) is 0 Å². The Labute approximate surface area is 120 Å². The molecule has 20 heavy (non-hydrogen) atoms. The third-order valence-electron chi connectivity index (χ3n) is 3.59. The van der Waals surface area contributed by atoms with Crippen molar-refractivity contribution in [2.45, 2.75) is 18.9 Å². The van der Waals surface area contributed by atoms with E-state index in [-0.39, 0.29) is 11.8 Å². The molecule has 2 rings (SSSR count). The average Bonchev–Trinajstić information content (AvgIpc) is 3.22. The third kappa shape index (κ3) is 5.30. The van der Waals surface area contributed by atoms with Gasteiger partial charge in [-0.15, -0.1) is 6.58 Å². The van der Waals surface area contributed by atoms with Crippen LogP contribution in [0.25, 0.3) is 0 Å². The van der Waals surface area contributed by atoms with Crippen molar-refractivity contribution < 1.29 is 9.59 Å². The number of hydrogen-bond donors (Lipinski definition) is 2. The van der Waals surface area contributed by atoms with Crippen LogP contribution in [0.5, 0.6) is 0 Å². The maximum atomic E-state index is 11.7. The molecule has 1 saturated heterocycles. The lowest BCUT2D eigenvalue weighted by Crippen LogP contribution is -2.51. The topological polar surface area (TPSA) is 64.7 Å². The lowest BCUT2D eigenvalue weighted by molar-refractivity contribution is -0.125. The van der Waals surface area contributed by atoms with Gasteiger partial charge in [-0.2, -0.15) is 0 Å². The highest BCUT2D eigenvalue weighted by molar-refractivity contribution is 5.79. The molecule has 1 heterocycles. The highest BCUT2D eigenvalue weighted by Crippen LogP contribution is 2.18. The normalized spacial score (nSPS) is 20.4. The van der Waals surface area contributed by atoms with E-state index in [0.717, 1.165) is 39.0 Å². The summed E-state index contributed by atoms with van der Waals surface area (Å²) in [7, 11) is 0. The molecule has 6 heteroatoms. The molecule has 1 saturated carbocycles. The molecule has 0 atom stereocenters. The molecule has 0 unspecified atom stereocenters. The van der Waals surface area contributed by atoms with Crippen LogP contribution in [0.1, 0.15) is 12.8 Å². The third-order valence-corrected chi connectivity index (χ3v) is 3.59. The quantitative estimate of drug-likeness (QED) is 0.598. The molecular formula is C14H24N4O2. The zero-order valence-corrected chi connectivity index (χ0v) is 11.9. The summed E-state index contributed by atoms with van der Waals surface area (Å²) in [6.45, 7) is 8.33. The van der Waals surface area contributed by atoms with Gasteiger partial charge in [-0.05, 0) is 12.8 Å². The van der Waals surface area contributed by atoms with Crippen LogP contribution in [-0.2, 0) is 9.59 Å². The van der Waals surface area contributed by atoms with Gasteiger partial charge in [-0.3, -0.25) is 19.4 Å². The molecule has 0 bridgehead atoms. The van der Waals surface area contributed by atoms with E-state index in [0.29, 0.717) is 25.7 Å². The molecule has 0 spiro atoms. The molecule has 0 aromatic heterocycles. The molecule has 0 aromatic rings. The van der Waals surface area contributed by atoms with Gasteiger partial charge in [0.1, 0.15) is 0 Å². The average molecular weight is 280 g/mol. The van der Waals surface area contributed by atoms with Crippen LogP contribution in [0, 0.1) is 0 Å². The summed E-state index contributed by atoms with van der Waals surface area (Å²) in [4.78, 5) is 27.5. The summed E-state index contributed by atoms with van der Waals surface area (Å²) in [5, 5.41) is 5.78. The van der Waals surface area contributed by atoms with Gasteiger partial charge in [0.25, 0.3) is 0 Å². The van der Waals surface area contributed by atoms with Crippen LogP contribution in [0.2, 0.25) is 0 Å². The van der Waals surface area contributed by atoms with Gasteiger partial charge in [0.05, 0.1) is 13.1 Å². The Hall–Kier alpha value is -1.40. The Balaban J connectivity index is 1.60. The lowest BCUT2D eigenvalue weighted by atomic mass is 10.3. The fourth-order valence-electron chi connectivity index (χ4n) is 2.25. The second kappa shape index (κ2) is 7.40. The minimum atomic E-state index is 0.0322. The number of nitrogens with one attached hydrogen (secondary N) is 2. The maximum Gasteiger partial charge on any atom is 0.234 e. The molecule has 112 valence electrons. The van der Waals surface area contributed by atoms with Gasteiger partial charge < -0.3 is 10.6 Å². The Bertz CT molecular complexity index is 360. The Morgan fingerprint density at radius 1 is 1.05 bits per heavy atom. The van der Waals surface area contributed by atoms with E-state index in [9.17, 15) is 9.59 Å². The van der Waals surface area contributed by atoms with E-state index in [1.54, 1.807) is 6.08 Å². The predicted octanol–water partition coefficient (Wildman–Crippen LogP) is -0.815. The molecule has 2 N–H and O–H groups in total. The SMILES string of the molecule is C=CCNC(=O)CN1CCN(CC(=O)NC2CC2)CC1. The summed E-state index contributed by atoms with van der Waals surface area (Å²) in [5.41, 5.74) is 0. The summed E-state index contributed by atoms with van der Waals surface area (Å²) in [6.07, 6.45) is 3.92. The van der Waals surface area contributed by atoms with Gasteiger partial charge in [-0.25, -0.2) is 0 Å². The van der Waals surface area contributed by atoms with Crippen molar-refractivity contribution in [3.8, 4) is 0 Å². The largest absolute Gasteiger partial charge is 0.352 e. The molecular weight excluding hydrogens is 256 g/mol. The van der Waals surface area contributed by atoms with Crippen LogP contribution < -0.4 is 10.6 Å². The Morgan fingerprint density at radius 3 is 2.10 bits per heavy atom. The van der Waals surface area contributed by atoms with Crippen molar-refractivity contribution >= 4 is 11.8 Å². The molecule has 2 amide bonds. The first kappa shape index (κ1) is 15.0. The van der Waals surface area contributed by atoms with Gasteiger partial charge >= 0.3 is 0 Å². The number of carbonyl (C=O) groups is 2. The number of nitrogens with zero attached hydrogens (tertiary/aromatic N) is 2. The first-order chi connectivity index (χ1) is 9.67. The van der Waals surface area contributed by atoms with Gasteiger partial charge in [0.2, 0.25) is 11.8 Å². The highest BCUT2D eigenvalue weighted by Gasteiger charge is 2.25. The van der Waals surface area contributed by atoms with Crippen molar-refractivity contribution in [1.82, 2.24) is 20.4 Å². The molecule has 2 aliphatic rings. The fourth-order valence-corrected chi connectivity index (χ4v) is 2.25. The number of amides is 2. The number of hydrogen-bond acceptors (Lipinski definition) is 4. The minimum Gasteiger partial charge on any atom is -0.352 e. The lowest BCUT2D eigenvalue weighted by Gasteiger charge is -2.33. The van der Waals surface area contributed by atoms with Crippen LogP contribution >= 0.6 is 0 Å². The summed E-state index contributed by atoms with van der Waals surface area (Å²) < 4.78 is 0. The van der Waals surface area contributed by atoms with Crippen LogP contribution in [0.15, 0.2) is 12.7 Å². The molecule has 1 aliphatic heterocycles. The second-order valence-electron chi connectivity index (χ2n) is 5.49. The van der Waals surface area contributed by atoms with E-state index >= 15 is 0 Å². The zero-order valence-electron chi connectivity index (χ0n) is 11.9. The van der Waals surface area contributed by atoms with E-state index in [1.165, 1.54) is 0 Å². The van der Waals surface area contributed by atoms with Gasteiger partial charge in [-0.1, -0.05) is 6.08 Å². The van der Waals surface area contributed by atoms with E-state index in [1.807, 2.05) is 0 Å². The molecule has 2 fully saturated rings. The number of piperazine rings is 1. The summed E-state index contributed by atoms with van der Waals surface area (Å²) in [6, 6.07) is 0.428. The van der Waals surface area contributed by atoms with Crippen LogP contribution in [0.4, 0.5) is 0 Å². The van der Waals surface area contributed by atoms with E-state index < -0.39 is 0 Å². The summed E-state index contributed by atoms with van der Waals surface area (Å²) in [5.74, 6) is 0.162. The van der Waals surface area contributed by atoms with Gasteiger partial charge in [0, 0.05) is 38.8 Å². The standard InChI is InChI=1S/C14H24N4O2/c1-2-5-15-13(19)10-17-6-8-18(9-7-17)11-14(20)16-12-3-4-12/h2,12H,1,3-11H2,(H,15,19)(H,16,20). The van der Waals surface area contributed by atoms with Crippen LogP contribution in [0.3, 0.4) is 0 Å². The monoisotopic (exact) mass is 280 g/mol. The minimum absolute atomic E-state index is 0.0322. The zero-order chi connectivity index (χ0) is 14.4. The Morgan fingerprint density at radius 2 is 1.60 bits per heavy atom. The van der Waals surface area contributed by atoms with Crippen molar-refractivity contribution in [2.24, 2.45) is 0 Å². The molecule has 1 aliphatic carbocycles. The summed E-state index contributed by atoms with van der Waals surface area (Å²) >= 11 is 0. The fraction of sp³-hybridized carbons (Fsp3) is 0.714. The smallest absolute Gasteiger partial charge is 0.234 e. The molecule has 0 aromatic carbocycles. The van der Waals surface area contributed by atoms with E-state index in [4.69, 9.17) is 0 Å². The molecule has 6 nitrogen and oxygen atoms in total. The first-order valence-electron chi connectivity index (χ1n) is 7.29.